The number of carboxylic acid groups (broad SMARTS) is 1. The maximum Gasteiger partial charge on any atom is 0.335 e. The standard InChI is InChI=1S/C14H10F2O2/c1-8-12(9-2-4-11(15)5-3-9)6-10(14(17)18)7-13(8)16/h2-7H,1H3,(H,17,18). The van der Waals surface area contributed by atoms with Gasteiger partial charge in [-0.3, -0.25) is 0 Å². The minimum absolute atomic E-state index is 0.127. The van der Waals surface area contributed by atoms with Gasteiger partial charge >= 0.3 is 5.97 Å². The molecular weight excluding hydrogens is 238 g/mol. The van der Waals surface area contributed by atoms with Crippen LogP contribution in [0, 0.1) is 18.6 Å². The fraction of sp³-hybridized carbons (Fsp3) is 0.0714. The Hall–Kier alpha value is -2.23. The highest BCUT2D eigenvalue weighted by molar-refractivity contribution is 5.90. The van der Waals surface area contributed by atoms with Crippen LogP contribution >= 0.6 is 0 Å². The van der Waals surface area contributed by atoms with Crippen LogP contribution in [0.2, 0.25) is 0 Å². The summed E-state index contributed by atoms with van der Waals surface area (Å²) in [4.78, 5) is 10.9. The quantitative estimate of drug-likeness (QED) is 0.880. The zero-order chi connectivity index (χ0) is 13.3. The molecule has 0 radical (unpaired) electrons. The molecule has 0 amide bonds. The Labute approximate surface area is 103 Å². The number of carboxylic acids is 1. The summed E-state index contributed by atoms with van der Waals surface area (Å²) in [6.07, 6.45) is 0. The first-order valence-electron chi connectivity index (χ1n) is 5.28. The lowest BCUT2D eigenvalue weighted by molar-refractivity contribution is 0.0696. The van der Waals surface area contributed by atoms with Crippen LogP contribution in [0.5, 0.6) is 0 Å². The van der Waals surface area contributed by atoms with Gasteiger partial charge in [-0.1, -0.05) is 12.1 Å². The average molecular weight is 248 g/mol. The molecule has 2 rings (SSSR count). The van der Waals surface area contributed by atoms with Crippen LogP contribution in [0.4, 0.5) is 8.78 Å². The molecule has 0 heterocycles. The van der Waals surface area contributed by atoms with Crippen molar-refractivity contribution in [2.24, 2.45) is 0 Å². The number of benzene rings is 2. The van der Waals surface area contributed by atoms with Crippen molar-refractivity contribution >= 4 is 5.97 Å². The molecule has 0 atom stereocenters. The highest BCUT2D eigenvalue weighted by atomic mass is 19.1. The Morgan fingerprint density at radius 3 is 2.28 bits per heavy atom. The van der Waals surface area contributed by atoms with E-state index in [2.05, 4.69) is 0 Å². The van der Waals surface area contributed by atoms with Gasteiger partial charge in [0.1, 0.15) is 11.6 Å². The maximum absolute atomic E-state index is 13.6. The summed E-state index contributed by atoms with van der Waals surface area (Å²) in [6.45, 7) is 1.56. The molecule has 0 aliphatic carbocycles. The average Bonchev–Trinajstić information content (AvgIpc) is 2.33. The van der Waals surface area contributed by atoms with E-state index in [9.17, 15) is 13.6 Å². The van der Waals surface area contributed by atoms with Crippen LogP contribution < -0.4 is 0 Å². The molecule has 0 saturated carbocycles. The Balaban J connectivity index is 2.62. The predicted molar refractivity (Wildman–Crippen MR) is 63.5 cm³/mol. The minimum atomic E-state index is -1.20. The Bertz CT molecular complexity index is 604. The van der Waals surface area contributed by atoms with Gasteiger partial charge in [0, 0.05) is 0 Å². The molecule has 0 spiro atoms. The zero-order valence-electron chi connectivity index (χ0n) is 9.58. The molecular formula is C14H10F2O2. The molecule has 0 fully saturated rings. The molecule has 0 bridgehead atoms. The Kier molecular flexibility index (Phi) is 3.10. The monoisotopic (exact) mass is 248 g/mol. The second-order valence-corrected chi connectivity index (χ2v) is 3.94. The second-order valence-electron chi connectivity index (χ2n) is 3.94. The number of hydrogen-bond donors (Lipinski definition) is 1. The molecule has 2 aromatic rings. The molecule has 1 N–H and O–H groups in total. The summed E-state index contributed by atoms with van der Waals surface area (Å²) in [7, 11) is 0. The van der Waals surface area contributed by atoms with Crippen molar-refractivity contribution in [2.45, 2.75) is 6.92 Å². The minimum Gasteiger partial charge on any atom is -0.478 e. The third-order valence-corrected chi connectivity index (χ3v) is 2.75. The highest BCUT2D eigenvalue weighted by Crippen LogP contribution is 2.27. The van der Waals surface area contributed by atoms with Crippen LogP contribution in [0.1, 0.15) is 15.9 Å². The van der Waals surface area contributed by atoms with E-state index in [1.54, 1.807) is 6.92 Å². The van der Waals surface area contributed by atoms with Crippen LogP contribution in [-0.2, 0) is 0 Å². The summed E-state index contributed by atoms with van der Waals surface area (Å²) in [5.41, 5.74) is 1.24. The van der Waals surface area contributed by atoms with Crippen molar-refractivity contribution in [3.05, 3.63) is 59.2 Å². The maximum atomic E-state index is 13.6. The van der Waals surface area contributed by atoms with Crippen molar-refractivity contribution < 1.29 is 18.7 Å². The fourth-order valence-corrected chi connectivity index (χ4v) is 1.73. The number of rotatable bonds is 2. The third-order valence-electron chi connectivity index (χ3n) is 2.75. The lowest BCUT2D eigenvalue weighted by atomic mass is 9.97. The van der Waals surface area contributed by atoms with Crippen LogP contribution in [0.3, 0.4) is 0 Å². The number of halogens is 2. The summed E-state index contributed by atoms with van der Waals surface area (Å²) in [6, 6.07) is 7.84. The summed E-state index contributed by atoms with van der Waals surface area (Å²) in [5, 5.41) is 8.89. The lowest BCUT2D eigenvalue weighted by Crippen LogP contribution is -2.00. The van der Waals surface area contributed by atoms with Gasteiger partial charge in [0.15, 0.2) is 0 Å². The van der Waals surface area contributed by atoms with Gasteiger partial charge in [-0.25, -0.2) is 13.6 Å². The van der Waals surface area contributed by atoms with Crippen molar-refractivity contribution in [1.82, 2.24) is 0 Å². The summed E-state index contributed by atoms with van der Waals surface area (Å²) < 4.78 is 26.4. The summed E-state index contributed by atoms with van der Waals surface area (Å²) in [5.74, 6) is -2.18. The smallest absolute Gasteiger partial charge is 0.335 e. The topological polar surface area (TPSA) is 37.3 Å². The second kappa shape index (κ2) is 4.56. The Morgan fingerprint density at radius 2 is 1.72 bits per heavy atom. The van der Waals surface area contributed by atoms with Gasteiger partial charge in [-0.15, -0.1) is 0 Å². The van der Waals surface area contributed by atoms with Crippen LogP contribution in [-0.4, -0.2) is 11.1 Å². The van der Waals surface area contributed by atoms with E-state index in [0.717, 1.165) is 6.07 Å². The molecule has 2 nitrogen and oxygen atoms in total. The number of hydrogen-bond acceptors (Lipinski definition) is 1. The van der Waals surface area contributed by atoms with E-state index >= 15 is 0 Å². The van der Waals surface area contributed by atoms with Crippen molar-refractivity contribution in [1.29, 1.82) is 0 Å². The number of carbonyl (C=O) groups is 1. The normalized spacial score (nSPS) is 10.4. The van der Waals surface area contributed by atoms with E-state index in [-0.39, 0.29) is 5.56 Å². The summed E-state index contributed by atoms with van der Waals surface area (Å²) >= 11 is 0. The first-order valence-corrected chi connectivity index (χ1v) is 5.28. The van der Waals surface area contributed by atoms with Gasteiger partial charge in [-0.2, -0.15) is 0 Å². The van der Waals surface area contributed by atoms with Gasteiger partial charge in [0.25, 0.3) is 0 Å². The van der Waals surface area contributed by atoms with Gasteiger partial charge in [-0.05, 0) is 47.9 Å². The lowest BCUT2D eigenvalue weighted by Gasteiger charge is -2.08. The largest absolute Gasteiger partial charge is 0.478 e. The van der Waals surface area contributed by atoms with E-state index < -0.39 is 17.6 Å². The van der Waals surface area contributed by atoms with E-state index in [1.165, 1.54) is 30.3 Å². The fourth-order valence-electron chi connectivity index (χ4n) is 1.73. The van der Waals surface area contributed by atoms with Gasteiger partial charge in [0.2, 0.25) is 0 Å². The van der Waals surface area contributed by atoms with Gasteiger partial charge < -0.3 is 5.11 Å². The number of aromatic carboxylic acids is 1. The van der Waals surface area contributed by atoms with E-state index in [1.807, 2.05) is 0 Å². The van der Waals surface area contributed by atoms with Crippen LogP contribution in [0.15, 0.2) is 36.4 Å². The molecule has 0 unspecified atom stereocenters. The Morgan fingerprint density at radius 1 is 1.11 bits per heavy atom. The molecule has 0 aliphatic rings. The molecule has 92 valence electrons. The van der Waals surface area contributed by atoms with Gasteiger partial charge in [0.05, 0.1) is 5.56 Å². The van der Waals surface area contributed by atoms with Crippen molar-refractivity contribution in [3.63, 3.8) is 0 Å². The third kappa shape index (κ3) is 2.22. The van der Waals surface area contributed by atoms with Crippen molar-refractivity contribution in [2.75, 3.05) is 0 Å². The zero-order valence-corrected chi connectivity index (χ0v) is 9.58. The first-order chi connectivity index (χ1) is 8.49. The van der Waals surface area contributed by atoms with E-state index in [4.69, 9.17) is 5.11 Å². The molecule has 0 aliphatic heterocycles. The SMILES string of the molecule is Cc1c(F)cc(C(=O)O)cc1-c1ccc(F)cc1. The predicted octanol–water partition coefficient (Wildman–Crippen LogP) is 3.64. The van der Waals surface area contributed by atoms with Crippen molar-refractivity contribution in [3.8, 4) is 11.1 Å². The molecule has 2 aromatic carbocycles. The highest BCUT2D eigenvalue weighted by Gasteiger charge is 2.12. The van der Waals surface area contributed by atoms with E-state index in [0.29, 0.717) is 16.7 Å². The first kappa shape index (κ1) is 12.2. The molecule has 0 aromatic heterocycles. The van der Waals surface area contributed by atoms with Crippen LogP contribution in [0.25, 0.3) is 11.1 Å². The molecule has 18 heavy (non-hydrogen) atoms. The molecule has 0 saturated heterocycles. The molecule has 4 heteroatoms.